The van der Waals surface area contributed by atoms with E-state index in [4.69, 9.17) is 25.8 Å². The third kappa shape index (κ3) is 4.89. The molecule has 1 N–H and O–H groups in total. The van der Waals surface area contributed by atoms with Crippen molar-refractivity contribution in [1.29, 1.82) is 0 Å². The molecule has 146 valence electrons. The molecule has 1 aliphatic heterocycles. The highest BCUT2D eigenvalue weighted by Gasteiger charge is 2.16. The molecule has 2 aromatic rings. The van der Waals surface area contributed by atoms with E-state index in [0.29, 0.717) is 17.9 Å². The molecule has 28 heavy (non-hydrogen) atoms. The number of esters is 1. The number of hydrogen-bond acceptors (Lipinski definition) is 7. The topological polar surface area (TPSA) is 117 Å². The summed E-state index contributed by atoms with van der Waals surface area (Å²) in [6.45, 7) is -0.330. The number of nitro groups is 1. The van der Waals surface area contributed by atoms with E-state index in [-0.39, 0.29) is 29.6 Å². The van der Waals surface area contributed by atoms with Gasteiger partial charge in [0, 0.05) is 18.2 Å². The Labute approximate surface area is 164 Å². The third-order valence-corrected chi connectivity index (χ3v) is 4.17. The lowest BCUT2D eigenvalue weighted by Gasteiger charge is -2.07. The summed E-state index contributed by atoms with van der Waals surface area (Å²) in [6.07, 6.45) is 0.500. The number of halogens is 1. The summed E-state index contributed by atoms with van der Waals surface area (Å²) in [5.41, 5.74) is 0.719. The van der Waals surface area contributed by atoms with Crippen LogP contribution in [0.15, 0.2) is 36.4 Å². The highest BCUT2D eigenvalue weighted by Crippen LogP contribution is 2.32. The molecule has 0 radical (unpaired) electrons. The van der Waals surface area contributed by atoms with Crippen molar-refractivity contribution in [2.75, 3.05) is 18.7 Å². The van der Waals surface area contributed by atoms with Crippen LogP contribution in [0, 0.1) is 10.1 Å². The Morgan fingerprint density at radius 2 is 1.96 bits per heavy atom. The van der Waals surface area contributed by atoms with Gasteiger partial charge in [0.15, 0.2) is 18.1 Å². The second kappa shape index (κ2) is 8.57. The normalized spacial score (nSPS) is 11.8. The first-order valence-corrected chi connectivity index (χ1v) is 8.58. The van der Waals surface area contributed by atoms with Gasteiger partial charge in [-0.1, -0.05) is 17.7 Å². The van der Waals surface area contributed by atoms with Crippen LogP contribution in [0.4, 0.5) is 11.4 Å². The molecular weight excluding hydrogens is 392 g/mol. The Morgan fingerprint density at radius 1 is 1.18 bits per heavy atom. The smallest absolute Gasteiger partial charge is 0.306 e. The van der Waals surface area contributed by atoms with E-state index in [2.05, 4.69) is 5.32 Å². The lowest BCUT2D eigenvalue weighted by Crippen LogP contribution is -2.21. The fourth-order valence-electron chi connectivity index (χ4n) is 2.49. The van der Waals surface area contributed by atoms with E-state index in [0.717, 1.165) is 11.6 Å². The van der Waals surface area contributed by atoms with Crippen molar-refractivity contribution in [3.8, 4) is 11.5 Å². The monoisotopic (exact) mass is 406 g/mol. The molecule has 0 aliphatic carbocycles. The minimum Gasteiger partial charge on any atom is -0.456 e. The molecule has 1 amide bonds. The number of hydrogen-bond donors (Lipinski definition) is 1. The first-order chi connectivity index (χ1) is 13.4. The quantitative estimate of drug-likeness (QED) is 0.426. The highest BCUT2D eigenvalue weighted by atomic mass is 35.5. The van der Waals surface area contributed by atoms with Crippen molar-refractivity contribution in [2.45, 2.75) is 12.8 Å². The molecular formula is C18H15ClN2O7. The molecule has 3 rings (SSSR count). The van der Waals surface area contributed by atoms with Gasteiger partial charge in [-0.05, 0) is 36.2 Å². The van der Waals surface area contributed by atoms with Gasteiger partial charge in [0.25, 0.3) is 11.6 Å². The Hall–Kier alpha value is -3.33. The lowest BCUT2D eigenvalue weighted by atomic mass is 10.1. The van der Waals surface area contributed by atoms with Crippen LogP contribution in [0.25, 0.3) is 0 Å². The molecule has 0 bridgehead atoms. The van der Waals surface area contributed by atoms with Gasteiger partial charge >= 0.3 is 5.97 Å². The number of nitro benzene ring substituents is 1. The Morgan fingerprint density at radius 3 is 2.75 bits per heavy atom. The summed E-state index contributed by atoms with van der Waals surface area (Å²) in [6, 6.07) is 9.21. The second-order valence-electron chi connectivity index (χ2n) is 5.82. The van der Waals surface area contributed by atoms with Crippen molar-refractivity contribution in [3.63, 3.8) is 0 Å². The molecule has 2 aromatic carbocycles. The van der Waals surface area contributed by atoms with Crippen LogP contribution in [-0.4, -0.2) is 30.2 Å². The second-order valence-corrected chi connectivity index (χ2v) is 6.23. The summed E-state index contributed by atoms with van der Waals surface area (Å²) in [4.78, 5) is 33.9. The standard InChI is InChI=1S/C18H15ClN2O7/c19-13-4-3-12(8-14(13)21(24)25)20-17(22)9-26-18(23)6-2-11-1-5-15-16(7-11)28-10-27-15/h1,3-5,7-8H,2,6,9-10H2,(H,20,22). The van der Waals surface area contributed by atoms with Gasteiger partial charge in [-0.25, -0.2) is 0 Å². The zero-order chi connectivity index (χ0) is 20.1. The lowest BCUT2D eigenvalue weighted by molar-refractivity contribution is -0.384. The Bertz CT molecular complexity index is 932. The predicted molar refractivity (Wildman–Crippen MR) is 98.6 cm³/mol. The summed E-state index contributed by atoms with van der Waals surface area (Å²) in [5.74, 6) is 0.121. The maximum absolute atomic E-state index is 11.9. The van der Waals surface area contributed by atoms with E-state index in [1.807, 2.05) is 6.07 Å². The van der Waals surface area contributed by atoms with Gasteiger partial charge in [-0.15, -0.1) is 0 Å². The fourth-order valence-corrected chi connectivity index (χ4v) is 2.68. The number of aryl methyl sites for hydroxylation is 1. The van der Waals surface area contributed by atoms with Crippen LogP contribution in [0.3, 0.4) is 0 Å². The van der Waals surface area contributed by atoms with E-state index < -0.39 is 23.4 Å². The average molecular weight is 407 g/mol. The molecule has 0 aromatic heterocycles. The van der Waals surface area contributed by atoms with E-state index >= 15 is 0 Å². The van der Waals surface area contributed by atoms with Crippen LogP contribution in [0.1, 0.15) is 12.0 Å². The number of ether oxygens (including phenoxy) is 3. The number of fused-ring (bicyclic) bond motifs is 1. The minimum absolute atomic E-state index is 0.0436. The van der Waals surface area contributed by atoms with Crippen LogP contribution in [-0.2, 0) is 20.7 Å². The Balaban J connectivity index is 1.45. The largest absolute Gasteiger partial charge is 0.456 e. The van der Waals surface area contributed by atoms with Crippen molar-refractivity contribution in [3.05, 3.63) is 57.1 Å². The molecule has 0 unspecified atom stereocenters. The Kier molecular flexibility index (Phi) is 5.95. The van der Waals surface area contributed by atoms with Crippen LogP contribution in [0.2, 0.25) is 5.02 Å². The van der Waals surface area contributed by atoms with Gasteiger partial charge in [0.2, 0.25) is 6.79 Å². The summed E-state index contributed by atoms with van der Waals surface area (Å²) < 4.78 is 15.4. The fraction of sp³-hybridized carbons (Fsp3) is 0.222. The number of rotatable bonds is 7. The van der Waals surface area contributed by atoms with Crippen molar-refractivity contribution in [2.24, 2.45) is 0 Å². The zero-order valence-electron chi connectivity index (χ0n) is 14.5. The van der Waals surface area contributed by atoms with Crippen LogP contribution in [0.5, 0.6) is 11.5 Å². The van der Waals surface area contributed by atoms with Crippen molar-refractivity contribution < 1.29 is 28.7 Å². The van der Waals surface area contributed by atoms with E-state index in [1.165, 1.54) is 12.1 Å². The maximum atomic E-state index is 11.9. The highest BCUT2D eigenvalue weighted by molar-refractivity contribution is 6.32. The number of nitrogens with one attached hydrogen (secondary N) is 1. The molecule has 9 nitrogen and oxygen atoms in total. The number of benzene rings is 2. The third-order valence-electron chi connectivity index (χ3n) is 3.85. The zero-order valence-corrected chi connectivity index (χ0v) is 15.2. The number of carbonyl (C=O) groups excluding carboxylic acids is 2. The number of nitrogens with zero attached hydrogens (tertiary/aromatic N) is 1. The molecule has 0 atom stereocenters. The molecule has 1 aliphatic rings. The van der Waals surface area contributed by atoms with E-state index in [9.17, 15) is 19.7 Å². The average Bonchev–Trinajstić information content (AvgIpc) is 3.14. The SMILES string of the molecule is O=C(COC(=O)CCc1ccc2c(c1)OCO2)Nc1ccc(Cl)c([N+](=O)[O-])c1. The summed E-state index contributed by atoms with van der Waals surface area (Å²) in [7, 11) is 0. The molecule has 1 heterocycles. The molecule has 10 heteroatoms. The van der Waals surface area contributed by atoms with Gasteiger partial charge in [0.1, 0.15) is 5.02 Å². The number of anilines is 1. The van der Waals surface area contributed by atoms with Gasteiger partial charge in [0.05, 0.1) is 4.92 Å². The number of amides is 1. The maximum Gasteiger partial charge on any atom is 0.306 e. The minimum atomic E-state index is -0.659. The molecule has 0 saturated heterocycles. The van der Waals surface area contributed by atoms with Gasteiger partial charge in [-0.2, -0.15) is 0 Å². The van der Waals surface area contributed by atoms with Crippen molar-refractivity contribution in [1.82, 2.24) is 0 Å². The first-order valence-electron chi connectivity index (χ1n) is 8.20. The molecule has 0 saturated carbocycles. The van der Waals surface area contributed by atoms with Crippen LogP contribution < -0.4 is 14.8 Å². The summed E-state index contributed by atoms with van der Waals surface area (Å²) in [5, 5.41) is 13.2. The van der Waals surface area contributed by atoms with Gasteiger partial charge < -0.3 is 19.5 Å². The van der Waals surface area contributed by atoms with Gasteiger partial charge in [-0.3, -0.25) is 19.7 Å². The molecule has 0 spiro atoms. The predicted octanol–water partition coefficient (Wildman–Crippen LogP) is 3.09. The van der Waals surface area contributed by atoms with E-state index in [1.54, 1.807) is 12.1 Å². The number of carbonyl (C=O) groups is 2. The summed E-state index contributed by atoms with van der Waals surface area (Å²) >= 11 is 5.71. The van der Waals surface area contributed by atoms with Crippen LogP contribution >= 0.6 is 11.6 Å². The van der Waals surface area contributed by atoms with Crippen molar-refractivity contribution >= 4 is 34.9 Å². The first kappa shape index (κ1) is 19.4. The molecule has 0 fully saturated rings.